The van der Waals surface area contributed by atoms with Gasteiger partial charge in [0.25, 0.3) is 5.91 Å². The fraction of sp³-hybridized carbons (Fsp3) is 0.300. The van der Waals surface area contributed by atoms with Crippen molar-refractivity contribution >= 4 is 17.3 Å². The van der Waals surface area contributed by atoms with E-state index >= 15 is 0 Å². The van der Waals surface area contributed by atoms with Crippen molar-refractivity contribution in [3.8, 4) is 6.07 Å². The van der Waals surface area contributed by atoms with E-state index in [1.165, 1.54) is 5.56 Å². The Morgan fingerprint density at radius 2 is 1.76 bits per heavy atom. The number of likely N-dealkylation sites (N-methyl/N-ethyl adjacent to an activating group) is 1. The predicted octanol–water partition coefficient (Wildman–Crippen LogP) is 1.67. The monoisotopic (exact) mass is 337 g/mol. The Morgan fingerprint density at radius 3 is 2.28 bits per heavy atom. The summed E-state index contributed by atoms with van der Waals surface area (Å²) in [6, 6.07) is 17.1. The van der Waals surface area contributed by atoms with Crippen LogP contribution >= 0.6 is 0 Å². The van der Waals surface area contributed by atoms with Gasteiger partial charge in [-0.3, -0.25) is 4.79 Å². The first-order chi connectivity index (χ1) is 11.9. The Morgan fingerprint density at radius 1 is 1.16 bits per heavy atom. The molecule has 1 amide bonds. The molecular weight excluding hydrogens is 312 g/mol. The number of rotatable bonds is 6. The van der Waals surface area contributed by atoms with E-state index < -0.39 is 0 Å². The number of hydrogen-bond donors (Lipinski definition) is 2. The largest absolute Gasteiger partial charge is 0.378 e. The standard InChI is InChI=1S/C20H24N4O/c1-15(20(25)22-18-9-5-16(13-21)6-10-18)24(4)14-17-7-11-19(12-8-17)23(2)3/h5-12,15H,14H2,1-4H3,(H,22,25)/p+1/t15-/m1/s1. The van der Waals surface area contributed by atoms with Crippen LogP contribution in [0.3, 0.4) is 0 Å². The van der Waals surface area contributed by atoms with Crippen LogP contribution in [0.1, 0.15) is 18.1 Å². The number of carbonyl (C=O) groups is 1. The van der Waals surface area contributed by atoms with Crippen molar-refractivity contribution in [2.75, 3.05) is 31.4 Å². The molecule has 2 aromatic rings. The maximum Gasteiger partial charge on any atom is 0.282 e. The van der Waals surface area contributed by atoms with Crippen LogP contribution in [0.25, 0.3) is 0 Å². The van der Waals surface area contributed by atoms with Crippen molar-refractivity contribution in [3.63, 3.8) is 0 Å². The molecule has 5 nitrogen and oxygen atoms in total. The van der Waals surface area contributed by atoms with Crippen LogP contribution in [-0.4, -0.2) is 33.1 Å². The molecule has 2 atom stereocenters. The third-order valence-electron chi connectivity index (χ3n) is 4.35. The van der Waals surface area contributed by atoms with Crippen molar-refractivity contribution in [1.29, 1.82) is 5.26 Å². The van der Waals surface area contributed by atoms with Crippen molar-refractivity contribution in [2.45, 2.75) is 19.5 Å². The van der Waals surface area contributed by atoms with Gasteiger partial charge in [0.2, 0.25) is 0 Å². The molecule has 0 fully saturated rings. The molecule has 0 radical (unpaired) electrons. The summed E-state index contributed by atoms with van der Waals surface area (Å²) in [5.41, 5.74) is 3.64. The number of carbonyl (C=O) groups excluding carboxylic acids is 1. The number of nitrogens with one attached hydrogen (secondary N) is 2. The van der Waals surface area contributed by atoms with Crippen molar-refractivity contribution in [3.05, 3.63) is 59.7 Å². The van der Waals surface area contributed by atoms with Crippen LogP contribution in [0, 0.1) is 11.3 Å². The summed E-state index contributed by atoms with van der Waals surface area (Å²) in [6.07, 6.45) is 0. The van der Waals surface area contributed by atoms with E-state index in [0.717, 1.165) is 17.1 Å². The van der Waals surface area contributed by atoms with Crippen LogP contribution in [0.15, 0.2) is 48.5 Å². The fourth-order valence-electron chi connectivity index (χ4n) is 2.49. The Balaban J connectivity index is 1.94. The molecule has 0 aliphatic rings. The molecule has 1 unspecified atom stereocenters. The highest BCUT2D eigenvalue weighted by molar-refractivity contribution is 5.93. The second-order valence-electron chi connectivity index (χ2n) is 6.48. The van der Waals surface area contributed by atoms with Gasteiger partial charge in [0.05, 0.1) is 18.7 Å². The lowest BCUT2D eigenvalue weighted by atomic mass is 10.1. The minimum absolute atomic E-state index is 0.0351. The fourth-order valence-corrected chi connectivity index (χ4v) is 2.49. The van der Waals surface area contributed by atoms with E-state index in [2.05, 4.69) is 40.6 Å². The number of nitrogens with zero attached hydrogens (tertiary/aromatic N) is 2. The van der Waals surface area contributed by atoms with Gasteiger partial charge in [-0.15, -0.1) is 0 Å². The van der Waals surface area contributed by atoms with Gasteiger partial charge < -0.3 is 15.1 Å². The minimum Gasteiger partial charge on any atom is -0.378 e. The third-order valence-corrected chi connectivity index (χ3v) is 4.35. The number of benzene rings is 2. The van der Waals surface area contributed by atoms with Gasteiger partial charge in [0.15, 0.2) is 6.04 Å². The first-order valence-corrected chi connectivity index (χ1v) is 8.30. The third kappa shape index (κ3) is 5.07. The van der Waals surface area contributed by atoms with Gasteiger partial charge >= 0.3 is 0 Å². The van der Waals surface area contributed by atoms with Gasteiger partial charge in [0.1, 0.15) is 6.54 Å². The Kier molecular flexibility index (Phi) is 6.15. The molecule has 2 rings (SSSR count). The van der Waals surface area contributed by atoms with Crippen LogP contribution in [-0.2, 0) is 11.3 Å². The van der Waals surface area contributed by atoms with Gasteiger partial charge in [-0.1, -0.05) is 12.1 Å². The molecule has 25 heavy (non-hydrogen) atoms. The molecule has 130 valence electrons. The molecule has 0 aliphatic carbocycles. The van der Waals surface area contributed by atoms with Gasteiger partial charge in [-0.2, -0.15) is 5.26 Å². The van der Waals surface area contributed by atoms with E-state index in [4.69, 9.17) is 5.26 Å². The number of nitriles is 1. The second kappa shape index (κ2) is 8.32. The summed E-state index contributed by atoms with van der Waals surface area (Å²) in [7, 11) is 6.05. The quantitative estimate of drug-likeness (QED) is 0.843. The van der Waals surface area contributed by atoms with Gasteiger partial charge in [-0.05, 0) is 43.3 Å². The smallest absolute Gasteiger partial charge is 0.282 e. The molecule has 0 bridgehead atoms. The molecule has 5 heteroatoms. The Labute approximate surface area is 149 Å². The summed E-state index contributed by atoms with van der Waals surface area (Å²) in [5, 5.41) is 11.7. The van der Waals surface area contributed by atoms with Crippen LogP contribution in [0.5, 0.6) is 0 Å². The average molecular weight is 337 g/mol. The summed E-state index contributed by atoms with van der Waals surface area (Å²) in [5.74, 6) is -0.0351. The first-order valence-electron chi connectivity index (χ1n) is 8.30. The van der Waals surface area contributed by atoms with Crippen LogP contribution in [0.4, 0.5) is 11.4 Å². The lowest BCUT2D eigenvalue weighted by Gasteiger charge is -2.21. The predicted molar refractivity (Wildman–Crippen MR) is 101 cm³/mol. The normalized spacial score (nSPS) is 12.8. The molecule has 2 aromatic carbocycles. The van der Waals surface area contributed by atoms with Crippen molar-refractivity contribution in [1.82, 2.24) is 0 Å². The molecule has 0 saturated carbocycles. The number of amides is 1. The SMILES string of the molecule is C[C@H](C(=O)Nc1ccc(C#N)cc1)[NH+](C)Cc1ccc(N(C)C)cc1. The van der Waals surface area contributed by atoms with Crippen molar-refractivity contribution < 1.29 is 9.69 Å². The highest BCUT2D eigenvalue weighted by Gasteiger charge is 2.22. The maximum absolute atomic E-state index is 12.4. The lowest BCUT2D eigenvalue weighted by molar-refractivity contribution is -0.907. The average Bonchev–Trinajstić information content (AvgIpc) is 2.62. The van der Waals surface area contributed by atoms with E-state index in [9.17, 15) is 4.79 Å². The van der Waals surface area contributed by atoms with Gasteiger partial charge in [-0.25, -0.2) is 0 Å². The summed E-state index contributed by atoms with van der Waals surface area (Å²) in [6.45, 7) is 2.69. The van der Waals surface area contributed by atoms with E-state index in [1.807, 2.05) is 28.1 Å². The van der Waals surface area contributed by atoms with Crippen LogP contribution < -0.4 is 15.1 Å². The Hall–Kier alpha value is -2.84. The van der Waals surface area contributed by atoms with Crippen LogP contribution in [0.2, 0.25) is 0 Å². The number of hydrogen-bond acceptors (Lipinski definition) is 3. The highest BCUT2D eigenvalue weighted by atomic mass is 16.2. The van der Waals surface area contributed by atoms with Crippen molar-refractivity contribution in [2.24, 2.45) is 0 Å². The maximum atomic E-state index is 12.4. The molecular formula is C20H25N4O+. The highest BCUT2D eigenvalue weighted by Crippen LogP contribution is 2.12. The molecule has 0 aromatic heterocycles. The van der Waals surface area contributed by atoms with Gasteiger partial charge in [0, 0.05) is 31.0 Å². The lowest BCUT2D eigenvalue weighted by Crippen LogP contribution is -3.12. The van der Waals surface area contributed by atoms with E-state index in [-0.39, 0.29) is 11.9 Å². The zero-order valence-corrected chi connectivity index (χ0v) is 15.2. The second-order valence-corrected chi connectivity index (χ2v) is 6.48. The minimum atomic E-state index is -0.191. The van der Waals surface area contributed by atoms with E-state index in [1.54, 1.807) is 24.3 Å². The first kappa shape index (κ1) is 18.5. The summed E-state index contributed by atoms with van der Waals surface area (Å²) in [4.78, 5) is 15.6. The molecule has 2 N–H and O–H groups in total. The molecule has 0 spiro atoms. The zero-order chi connectivity index (χ0) is 18.4. The summed E-state index contributed by atoms with van der Waals surface area (Å²) < 4.78 is 0. The molecule has 0 aliphatic heterocycles. The topological polar surface area (TPSA) is 60.6 Å². The zero-order valence-electron chi connectivity index (χ0n) is 15.2. The molecule has 0 saturated heterocycles. The summed E-state index contributed by atoms with van der Waals surface area (Å²) >= 11 is 0. The number of anilines is 2. The number of quaternary nitrogens is 1. The molecule has 0 heterocycles. The van der Waals surface area contributed by atoms with E-state index in [0.29, 0.717) is 11.3 Å². The Bertz CT molecular complexity index is 745.